The van der Waals surface area contributed by atoms with Gasteiger partial charge in [-0.2, -0.15) is 10.4 Å². The fourth-order valence-electron chi connectivity index (χ4n) is 3.43. The van der Waals surface area contributed by atoms with Crippen LogP contribution in [0.1, 0.15) is 18.2 Å². The Morgan fingerprint density at radius 2 is 2.00 bits per heavy atom. The van der Waals surface area contributed by atoms with E-state index in [1.54, 1.807) is 29.3 Å². The molecule has 0 saturated carbocycles. The lowest BCUT2D eigenvalue weighted by Crippen LogP contribution is -2.46. The number of urea groups is 1. The molecule has 0 aliphatic carbocycles. The number of aromatic nitrogens is 2. The Hall–Kier alpha value is -3.73. The highest BCUT2D eigenvalue weighted by molar-refractivity contribution is 5.90. The van der Waals surface area contributed by atoms with Gasteiger partial charge in [0.05, 0.1) is 36.6 Å². The molecule has 0 fully saturated rings. The zero-order valence-electron chi connectivity index (χ0n) is 15.6. The Kier molecular flexibility index (Phi) is 4.72. The molecule has 0 bridgehead atoms. The number of nitrogens with one attached hydrogen (secondary N) is 1. The first-order valence-corrected chi connectivity index (χ1v) is 9.04. The Labute approximate surface area is 166 Å². The van der Waals surface area contributed by atoms with E-state index in [1.807, 2.05) is 11.6 Å². The van der Waals surface area contributed by atoms with Crippen LogP contribution < -0.4 is 5.32 Å². The molecule has 0 spiro atoms. The van der Waals surface area contributed by atoms with Crippen molar-refractivity contribution in [3.05, 3.63) is 71.6 Å². The highest BCUT2D eigenvalue weighted by atomic mass is 19.1. The molecule has 1 aliphatic heterocycles. The largest absolute Gasteiger partial charge is 0.322 e. The second kappa shape index (κ2) is 7.36. The fourth-order valence-corrected chi connectivity index (χ4v) is 3.43. The van der Waals surface area contributed by atoms with Gasteiger partial charge in [-0.3, -0.25) is 4.68 Å². The third-order valence-electron chi connectivity index (χ3n) is 4.99. The minimum absolute atomic E-state index is 0.126. The van der Waals surface area contributed by atoms with Crippen molar-refractivity contribution in [1.29, 1.82) is 5.26 Å². The summed E-state index contributed by atoms with van der Waals surface area (Å²) in [6.07, 6.45) is 1.72. The second-order valence-corrected chi connectivity index (χ2v) is 6.91. The molecule has 146 valence electrons. The normalized spacial score (nSPS) is 15.5. The van der Waals surface area contributed by atoms with Crippen LogP contribution in [0.15, 0.2) is 48.7 Å². The van der Waals surface area contributed by atoms with Crippen LogP contribution in [0, 0.1) is 23.0 Å². The molecule has 1 aliphatic rings. The van der Waals surface area contributed by atoms with Gasteiger partial charge in [0.2, 0.25) is 0 Å². The van der Waals surface area contributed by atoms with Crippen molar-refractivity contribution in [3.8, 4) is 17.2 Å². The standard InChI is InChI=1S/C21H17F2N5O/c1-13-11-28-20(18(10-25-28)14-2-4-16(22)5-3-14)12-27(13)21(29)26-17-6-7-19(23)15(8-17)9-24/h2-8,10,13H,11-12H2,1H3,(H,26,29). The molecular weight excluding hydrogens is 376 g/mol. The van der Waals surface area contributed by atoms with Crippen LogP contribution in [0.3, 0.4) is 0 Å². The molecule has 1 N–H and O–H groups in total. The molecule has 6 nitrogen and oxygen atoms in total. The summed E-state index contributed by atoms with van der Waals surface area (Å²) in [5.74, 6) is -0.954. The summed E-state index contributed by atoms with van der Waals surface area (Å²) in [4.78, 5) is 14.5. The summed E-state index contributed by atoms with van der Waals surface area (Å²) >= 11 is 0. The second-order valence-electron chi connectivity index (χ2n) is 6.91. The maximum absolute atomic E-state index is 13.5. The van der Waals surface area contributed by atoms with Gasteiger partial charge in [-0.25, -0.2) is 13.6 Å². The molecule has 0 saturated heterocycles. The van der Waals surface area contributed by atoms with Crippen molar-refractivity contribution >= 4 is 11.7 Å². The highest BCUT2D eigenvalue weighted by Gasteiger charge is 2.29. The maximum atomic E-state index is 13.5. The number of carbonyl (C=O) groups is 1. The number of carbonyl (C=O) groups excluding carboxylic acids is 1. The summed E-state index contributed by atoms with van der Waals surface area (Å²) in [6.45, 7) is 2.73. The van der Waals surface area contributed by atoms with Gasteiger partial charge in [0.1, 0.15) is 17.7 Å². The van der Waals surface area contributed by atoms with Crippen molar-refractivity contribution in [2.45, 2.75) is 26.1 Å². The molecule has 0 radical (unpaired) electrons. The SMILES string of the molecule is CC1Cn2ncc(-c3ccc(F)cc3)c2CN1C(=O)Nc1ccc(F)c(C#N)c1. The first-order valence-electron chi connectivity index (χ1n) is 9.04. The van der Waals surface area contributed by atoms with E-state index in [1.165, 1.54) is 24.3 Å². The van der Waals surface area contributed by atoms with Gasteiger partial charge in [-0.1, -0.05) is 12.1 Å². The molecule has 8 heteroatoms. The zero-order chi connectivity index (χ0) is 20.5. The molecule has 2 heterocycles. The summed E-state index contributed by atoms with van der Waals surface area (Å²) in [5.41, 5.74) is 2.72. The van der Waals surface area contributed by atoms with E-state index >= 15 is 0 Å². The maximum Gasteiger partial charge on any atom is 0.322 e. The highest BCUT2D eigenvalue weighted by Crippen LogP contribution is 2.29. The van der Waals surface area contributed by atoms with Crippen LogP contribution in [0.5, 0.6) is 0 Å². The van der Waals surface area contributed by atoms with Crippen molar-refractivity contribution < 1.29 is 13.6 Å². The lowest BCUT2D eigenvalue weighted by Gasteiger charge is -2.34. The molecular formula is C21H17F2N5O. The van der Waals surface area contributed by atoms with E-state index in [0.717, 1.165) is 22.9 Å². The monoisotopic (exact) mass is 393 g/mol. The van der Waals surface area contributed by atoms with Gasteiger partial charge in [0, 0.05) is 11.3 Å². The molecule has 3 aromatic rings. The van der Waals surface area contributed by atoms with Crippen molar-refractivity contribution in [1.82, 2.24) is 14.7 Å². The van der Waals surface area contributed by atoms with Gasteiger partial charge in [-0.15, -0.1) is 0 Å². The van der Waals surface area contributed by atoms with E-state index < -0.39 is 5.82 Å². The van der Waals surface area contributed by atoms with Crippen molar-refractivity contribution in [2.75, 3.05) is 5.32 Å². The van der Waals surface area contributed by atoms with E-state index in [4.69, 9.17) is 5.26 Å². The van der Waals surface area contributed by atoms with E-state index in [-0.39, 0.29) is 23.5 Å². The number of halogens is 2. The number of anilines is 1. The van der Waals surface area contributed by atoms with Crippen LogP contribution >= 0.6 is 0 Å². The van der Waals surface area contributed by atoms with Crippen LogP contribution in [0.4, 0.5) is 19.3 Å². The first-order chi connectivity index (χ1) is 14.0. The smallest absolute Gasteiger partial charge is 0.314 e. The van der Waals surface area contributed by atoms with E-state index in [0.29, 0.717) is 18.8 Å². The lowest BCUT2D eigenvalue weighted by atomic mass is 10.0. The van der Waals surface area contributed by atoms with E-state index in [9.17, 15) is 13.6 Å². The van der Waals surface area contributed by atoms with Crippen LogP contribution in [-0.4, -0.2) is 26.8 Å². The van der Waals surface area contributed by atoms with Crippen LogP contribution in [-0.2, 0) is 13.1 Å². The number of hydrogen-bond donors (Lipinski definition) is 1. The molecule has 1 unspecified atom stereocenters. The molecule has 2 amide bonds. The molecule has 1 aromatic heterocycles. The van der Waals surface area contributed by atoms with Gasteiger partial charge >= 0.3 is 6.03 Å². The first kappa shape index (κ1) is 18.6. The predicted molar refractivity (Wildman–Crippen MR) is 103 cm³/mol. The number of nitrogens with zero attached hydrogens (tertiary/aromatic N) is 4. The zero-order valence-corrected chi connectivity index (χ0v) is 15.6. The number of benzene rings is 2. The average Bonchev–Trinajstić information content (AvgIpc) is 3.12. The Balaban J connectivity index is 1.58. The predicted octanol–water partition coefficient (Wildman–Crippen LogP) is 4.14. The number of fused-ring (bicyclic) bond motifs is 1. The van der Waals surface area contributed by atoms with Crippen LogP contribution in [0.25, 0.3) is 11.1 Å². The third kappa shape index (κ3) is 3.55. The van der Waals surface area contributed by atoms with Gasteiger partial charge in [-0.05, 0) is 42.8 Å². The average molecular weight is 393 g/mol. The molecule has 29 heavy (non-hydrogen) atoms. The van der Waals surface area contributed by atoms with Gasteiger partial charge < -0.3 is 10.2 Å². The Morgan fingerprint density at radius 3 is 2.72 bits per heavy atom. The molecule has 4 rings (SSSR count). The summed E-state index contributed by atoms with van der Waals surface area (Å²) < 4.78 is 28.6. The summed E-state index contributed by atoms with van der Waals surface area (Å²) in [7, 11) is 0. The van der Waals surface area contributed by atoms with Gasteiger partial charge in [0.15, 0.2) is 0 Å². The minimum atomic E-state index is -0.635. The van der Waals surface area contributed by atoms with Crippen molar-refractivity contribution in [3.63, 3.8) is 0 Å². The topological polar surface area (TPSA) is 74.0 Å². The number of hydrogen-bond acceptors (Lipinski definition) is 3. The third-order valence-corrected chi connectivity index (χ3v) is 4.99. The summed E-state index contributed by atoms with van der Waals surface area (Å²) in [5, 5.41) is 16.1. The number of nitriles is 1. The Bertz CT molecular complexity index is 1120. The van der Waals surface area contributed by atoms with E-state index in [2.05, 4.69) is 10.4 Å². The number of amides is 2. The van der Waals surface area contributed by atoms with Gasteiger partial charge in [0.25, 0.3) is 0 Å². The Morgan fingerprint density at radius 1 is 1.24 bits per heavy atom. The fraction of sp³-hybridized carbons (Fsp3) is 0.190. The number of rotatable bonds is 2. The molecule has 1 atom stereocenters. The van der Waals surface area contributed by atoms with Crippen LogP contribution in [0.2, 0.25) is 0 Å². The minimum Gasteiger partial charge on any atom is -0.314 e. The lowest BCUT2D eigenvalue weighted by molar-refractivity contribution is 0.162. The molecule has 2 aromatic carbocycles. The quantitative estimate of drug-likeness (QED) is 0.711. The van der Waals surface area contributed by atoms with Crippen molar-refractivity contribution in [2.24, 2.45) is 0 Å². The summed E-state index contributed by atoms with van der Waals surface area (Å²) in [6, 6.07) is 11.3.